The van der Waals surface area contributed by atoms with Crippen LogP contribution in [0.15, 0.2) is 30.3 Å². The summed E-state index contributed by atoms with van der Waals surface area (Å²) in [5.74, 6) is -7.37. The highest BCUT2D eigenvalue weighted by Crippen LogP contribution is 2.43. The molecule has 0 heterocycles. The second-order valence-corrected chi connectivity index (χ2v) is 13.0. The number of carbonyl (C=O) groups is 5. The molecule has 0 aromatic heterocycles. The number of aliphatic carboxylic acids is 5. The summed E-state index contributed by atoms with van der Waals surface area (Å²) in [6.45, 7) is -3.58. The van der Waals surface area contributed by atoms with Crippen LogP contribution in [-0.2, 0) is 44.0 Å². The number of phosphoric acid groups is 1. The summed E-state index contributed by atoms with van der Waals surface area (Å²) in [6.07, 6.45) is 8.78. The van der Waals surface area contributed by atoms with Crippen LogP contribution >= 0.6 is 7.82 Å². The van der Waals surface area contributed by atoms with Crippen molar-refractivity contribution >= 4 is 37.7 Å². The average Bonchev–Trinajstić information content (AvgIpc) is 3.00. The van der Waals surface area contributed by atoms with Gasteiger partial charge in [0.05, 0.1) is 32.8 Å². The van der Waals surface area contributed by atoms with Crippen LogP contribution in [0.3, 0.4) is 0 Å². The maximum absolute atomic E-state index is 12.6. The number of nitrogens with one attached hydrogen (secondary N) is 1. The molecule has 1 aromatic carbocycles. The topological polar surface area (TPSA) is 261 Å². The minimum atomic E-state index is -4.66. The molecule has 7 N–H and O–H groups in total. The van der Waals surface area contributed by atoms with E-state index in [0.29, 0.717) is 6.42 Å². The van der Waals surface area contributed by atoms with Crippen LogP contribution in [0.5, 0.6) is 0 Å². The van der Waals surface area contributed by atoms with E-state index in [9.17, 15) is 48.8 Å². The van der Waals surface area contributed by atoms with Crippen molar-refractivity contribution in [1.29, 1.82) is 0 Å². The van der Waals surface area contributed by atoms with E-state index in [4.69, 9.17) is 19.3 Å². The Morgan fingerprint density at radius 2 is 1.24 bits per heavy atom. The van der Waals surface area contributed by atoms with Gasteiger partial charge in [0, 0.05) is 19.1 Å². The summed E-state index contributed by atoms with van der Waals surface area (Å²) in [6, 6.07) is 7.21. The van der Waals surface area contributed by atoms with Crippen LogP contribution in [0.2, 0.25) is 0 Å². The van der Waals surface area contributed by atoms with Crippen LogP contribution in [0.1, 0.15) is 63.4 Å². The highest BCUT2D eigenvalue weighted by Gasteiger charge is 2.31. The minimum Gasteiger partial charge on any atom is -0.480 e. The largest absolute Gasteiger partial charge is 0.480 e. The molecule has 0 spiro atoms. The first-order valence-electron chi connectivity index (χ1n) is 16.2. The monoisotopic (exact) mass is 719 g/mol. The Bertz CT molecular complexity index is 1180. The van der Waals surface area contributed by atoms with Gasteiger partial charge in [0.2, 0.25) is 6.04 Å². The van der Waals surface area contributed by atoms with E-state index in [1.165, 1.54) is 10.5 Å². The lowest BCUT2D eigenvalue weighted by molar-refractivity contribution is -0.151. The Balaban J connectivity index is 2.63. The molecule has 18 heteroatoms. The number of carboxylic acids is 5. The lowest BCUT2D eigenvalue weighted by Gasteiger charge is -2.33. The van der Waals surface area contributed by atoms with Crippen LogP contribution in [-0.4, -0.2) is 135 Å². The zero-order valence-electron chi connectivity index (χ0n) is 27.6. The fourth-order valence-corrected chi connectivity index (χ4v) is 5.82. The smallest absolute Gasteiger partial charge is 0.472 e. The quantitative estimate of drug-likeness (QED) is 0.0330. The van der Waals surface area contributed by atoms with Gasteiger partial charge in [-0.25, -0.2) is 14.2 Å². The Morgan fingerprint density at radius 3 is 1.78 bits per heavy atom. The fraction of sp³-hybridized carbons (Fsp3) is 0.645. The van der Waals surface area contributed by atoms with Crippen molar-refractivity contribution in [1.82, 2.24) is 15.1 Å². The molecule has 278 valence electrons. The van der Waals surface area contributed by atoms with Gasteiger partial charge in [0.25, 0.3) is 0 Å². The number of rotatable bonds is 31. The molecule has 17 nitrogen and oxygen atoms in total. The molecular formula is C31H50N3O14P. The van der Waals surface area contributed by atoms with Crippen LogP contribution in [0.25, 0.3) is 0 Å². The Kier molecular flexibility index (Phi) is 21.9. The molecular weight excluding hydrogens is 669 g/mol. The van der Waals surface area contributed by atoms with Gasteiger partial charge in [0.15, 0.2) is 0 Å². The molecule has 1 rings (SSSR count). The summed E-state index contributed by atoms with van der Waals surface area (Å²) in [7, 11) is -4.66. The van der Waals surface area contributed by atoms with Crippen molar-refractivity contribution in [3.8, 4) is 0 Å². The molecule has 0 saturated heterocycles. The number of phosphoric ester groups is 1. The Hall–Kier alpha value is -3.44. The summed E-state index contributed by atoms with van der Waals surface area (Å²) in [4.78, 5) is 69.1. The van der Waals surface area contributed by atoms with Crippen LogP contribution in [0.4, 0.5) is 0 Å². The van der Waals surface area contributed by atoms with Gasteiger partial charge in [-0.1, -0.05) is 68.9 Å². The van der Waals surface area contributed by atoms with Gasteiger partial charge in [-0.05, 0) is 37.8 Å². The SMILES string of the molecule is O=C(O)CN(CCCNC(C(=O)O)C(=O)O)CC(COP(=O)(O)OCCCCCCCCCCc1ccccc1)N(CC(=O)O)CC(=O)O. The van der Waals surface area contributed by atoms with Gasteiger partial charge in [0.1, 0.15) is 0 Å². The molecule has 2 atom stereocenters. The minimum absolute atomic E-state index is 0.0473. The molecule has 0 bridgehead atoms. The first-order valence-corrected chi connectivity index (χ1v) is 17.7. The van der Waals surface area contributed by atoms with E-state index in [0.717, 1.165) is 56.3 Å². The number of aryl methyl sites for hydroxylation is 1. The predicted molar refractivity (Wildman–Crippen MR) is 175 cm³/mol. The number of hydrogen-bond donors (Lipinski definition) is 7. The van der Waals surface area contributed by atoms with Crippen LogP contribution < -0.4 is 5.32 Å². The van der Waals surface area contributed by atoms with Gasteiger partial charge in [-0.3, -0.25) is 38.5 Å². The van der Waals surface area contributed by atoms with Crippen molar-refractivity contribution in [2.75, 3.05) is 52.5 Å². The van der Waals surface area contributed by atoms with Gasteiger partial charge in [-0.15, -0.1) is 0 Å². The van der Waals surface area contributed by atoms with Gasteiger partial charge >= 0.3 is 37.7 Å². The highest BCUT2D eigenvalue weighted by molar-refractivity contribution is 7.47. The lowest BCUT2D eigenvalue weighted by atomic mass is 10.0. The van der Waals surface area contributed by atoms with E-state index in [-0.39, 0.29) is 32.7 Å². The standard InChI is InChI=1S/C31H50N3O14P/c35-26(36)20-33(17-12-16-32-29(30(41)42)31(43)44)19-25(34(21-27(37)38)22-28(39)40)23-48-49(45,46)47-18-11-6-4-2-1-3-5-8-13-24-14-9-7-10-15-24/h7,9-10,14-15,25,29,32H,1-6,8,11-13,16-23H2,(H,35,36)(H,37,38)(H,39,40)(H,41,42)(H,43,44)(H,45,46). The summed E-state index contributed by atoms with van der Waals surface area (Å²) < 4.78 is 22.8. The first kappa shape index (κ1) is 43.6. The summed E-state index contributed by atoms with van der Waals surface area (Å²) in [5.41, 5.74) is 1.33. The second kappa shape index (κ2) is 24.7. The highest BCUT2D eigenvalue weighted by atomic mass is 31.2. The molecule has 0 aliphatic rings. The van der Waals surface area contributed by atoms with E-state index >= 15 is 0 Å². The first-order chi connectivity index (χ1) is 23.2. The van der Waals surface area contributed by atoms with E-state index < -0.39 is 76.0 Å². The number of unbranched alkanes of at least 4 members (excludes halogenated alkanes) is 7. The molecule has 1 aromatic rings. The van der Waals surface area contributed by atoms with Crippen molar-refractivity contribution in [3.05, 3.63) is 35.9 Å². The number of nitrogens with zero attached hydrogens (tertiary/aromatic N) is 2. The summed E-state index contributed by atoms with van der Waals surface area (Å²) in [5, 5.41) is 48.4. The molecule has 0 amide bonds. The molecule has 2 unspecified atom stereocenters. The van der Waals surface area contributed by atoms with Crippen molar-refractivity contribution < 1.29 is 68.0 Å². The molecule has 0 fully saturated rings. The number of benzene rings is 1. The fourth-order valence-electron chi connectivity index (χ4n) is 5.02. The third-order valence-corrected chi connectivity index (χ3v) is 8.39. The zero-order chi connectivity index (χ0) is 36.7. The summed E-state index contributed by atoms with van der Waals surface area (Å²) >= 11 is 0. The number of hydrogen-bond acceptors (Lipinski definition) is 11. The lowest BCUT2D eigenvalue weighted by Crippen LogP contribution is -2.51. The van der Waals surface area contributed by atoms with Gasteiger partial charge in [-0.2, -0.15) is 0 Å². The average molecular weight is 720 g/mol. The molecule has 49 heavy (non-hydrogen) atoms. The molecule has 0 aliphatic carbocycles. The maximum atomic E-state index is 12.6. The van der Waals surface area contributed by atoms with E-state index in [1.807, 2.05) is 18.2 Å². The third-order valence-electron chi connectivity index (χ3n) is 7.40. The molecule has 0 aliphatic heterocycles. The second-order valence-electron chi connectivity index (χ2n) is 11.6. The Morgan fingerprint density at radius 1 is 0.714 bits per heavy atom. The Labute approximate surface area is 285 Å². The van der Waals surface area contributed by atoms with Gasteiger partial charge < -0.3 is 30.4 Å². The van der Waals surface area contributed by atoms with Crippen molar-refractivity contribution in [3.63, 3.8) is 0 Å². The maximum Gasteiger partial charge on any atom is 0.472 e. The molecule has 0 radical (unpaired) electrons. The van der Waals surface area contributed by atoms with E-state index in [1.54, 1.807) is 0 Å². The van der Waals surface area contributed by atoms with Crippen LogP contribution in [0, 0.1) is 0 Å². The van der Waals surface area contributed by atoms with Crippen molar-refractivity contribution in [2.45, 2.75) is 76.3 Å². The van der Waals surface area contributed by atoms with Crippen molar-refractivity contribution in [2.24, 2.45) is 0 Å². The third kappa shape index (κ3) is 22.0. The number of carboxylic acid groups (broad SMARTS) is 5. The zero-order valence-corrected chi connectivity index (χ0v) is 28.5. The molecule has 0 saturated carbocycles. The normalized spacial score (nSPS) is 13.4. The predicted octanol–water partition coefficient (Wildman–Crippen LogP) is 2.23. The van der Waals surface area contributed by atoms with E-state index in [2.05, 4.69) is 17.4 Å².